The number of nitrogens with zero attached hydrogens (tertiary/aromatic N) is 3. The molecule has 4 heterocycles. The Morgan fingerprint density at radius 2 is 2.29 bits per heavy atom. The first-order chi connectivity index (χ1) is 11.7. The van der Waals surface area contributed by atoms with E-state index in [0.29, 0.717) is 13.1 Å². The number of amides is 1. The van der Waals surface area contributed by atoms with E-state index in [4.69, 9.17) is 4.42 Å². The number of hydrogen-bond donors (Lipinski definition) is 1. The highest BCUT2D eigenvalue weighted by Gasteiger charge is 2.11. The van der Waals surface area contributed by atoms with Crippen LogP contribution in [-0.4, -0.2) is 26.6 Å². The van der Waals surface area contributed by atoms with Crippen molar-refractivity contribution >= 4 is 22.9 Å². The minimum atomic E-state index is -0.0268. The number of rotatable bonds is 5. The van der Waals surface area contributed by atoms with Crippen LogP contribution < -0.4 is 5.32 Å². The number of carbonyl (C=O) groups excluding carboxylic acids is 1. The van der Waals surface area contributed by atoms with Crippen molar-refractivity contribution in [2.75, 3.05) is 6.54 Å². The normalized spacial score (nSPS) is 11.2. The molecular weight excluding hydrogens is 324 g/mol. The number of imidazole rings is 1. The van der Waals surface area contributed by atoms with Crippen LogP contribution in [0.2, 0.25) is 0 Å². The Hall–Kier alpha value is -2.80. The number of carbonyl (C=O) groups is 1. The molecule has 0 spiro atoms. The molecule has 6 nitrogen and oxygen atoms in total. The molecular formula is C17H16N4O2S. The van der Waals surface area contributed by atoms with Gasteiger partial charge in [0.1, 0.15) is 11.3 Å². The van der Waals surface area contributed by atoms with Crippen LogP contribution in [0, 0.1) is 6.92 Å². The molecule has 7 heteroatoms. The molecule has 1 amide bonds. The first-order valence-corrected chi connectivity index (χ1v) is 8.50. The lowest BCUT2D eigenvalue weighted by atomic mass is 10.3. The molecule has 0 aromatic carbocycles. The van der Waals surface area contributed by atoms with Crippen molar-refractivity contribution in [3.8, 4) is 11.5 Å². The van der Waals surface area contributed by atoms with Gasteiger partial charge < -0.3 is 14.3 Å². The molecule has 0 saturated carbocycles. The lowest BCUT2D eigenvalue weighted by Gasteiger charge is -2.05. The van der Waals surface area contributed by atoms with Crippen LogP contribution in [0.3, 0.4) is 0 Å². The minimum Gasteiger partial charge on any atom is -0.463 e. The summed E-state index contributed by atoms with van der Waals surface area (Å²) in [6, 6.07) is 7.61. The van der Waals surface area contributed by atoms with Crippen molar-refractivity contribution in [2.24, 2.45) is 0 Å². The second-order valence-corrected chi connectivity index (χ2v) is 6.46. The third kappa shape index (κ3) is 2.74. The summed E-state index contributed by atoms with van der Waals surface area (Å²) < 4.78 is 9.24. The molecule has 1 N–H and O–H groups in total. The van der Waals surface area contributed by atoms with Gasteiger partial charge in [0.2, 0.25) is 0 Å². The minimum absolute atomic E-state index is 0.0268. The molecule has 0 aliphatic heterocycles. The van der Waals surface area contributed by atoms with E-state index in [2.05, 4.69) is 15.0 Å². The Morgan fingerprint density at radius 3 is 3.04 bits per heavy atom. The first-order valence-electron chi connectivity index (χ1n) is 7.62. The van der Waals surface area contributed by atoms with Gasteiger partial charge in [-0.3, -0.25) is 4.79 Å². The maximum absolute atomic E-state index is 12.1. The number of furan rings is 1. The smallest absolute Gasteiger partial charge is 0.261 e. The Labute approximate surface area is 142 Å². The van der Waals surface area contributed by atoms with Crippen molar-refractivity contribution in [3.63, 3.8) is 0 Å². The molecule has 4 rings (SSSR count). The second kappa shape index (κ2) is 6.01. The number of nitrogens with one attached hydrogen (secondary N) is 1. The number of fused-ring (bicyclic) bond motifs is 1. The van der Waals surface area contributed by atoms with Crippen LogP contribution in [0.15, 0.2) is 52.7 Å². The SMILES string of the molecule is Cc1csc(C(=O)NCCn2ccn3nc(-c4ccco4)cc23)c1. The molecule has 0 saturated heterocycles. The summed E-state index contributed by atoms with van der Waals surface area (Å²) in [5, 5.41) is 9.42. The summed E-state index contributed by atoms with van der Waals surface area (Å²) in [5.41, 5.74) is 2.87. The molecule has 0 aliphatic rings. The first kappa shape index (κ1) is 14.8. The fourth-order valence-corrected chi connectivity index (χ4v) is 3.40. The summed E-state index contributed by atoms with van der Waals surface area (Å²) in [6.45, 7) is 3.22. The van der Waals surface area contributed by atoms with E-state index in [1.807, 2.05) is 53.5 Å². The largest absolute Gasteiger partial charge is 0.463 e. The van der Waals surface area contributed by atoms with Crippen LogP contribution in [0.1, 0.15) is 15.2 Å². The van der Waals surface area contributed by atoms with Crippen LogP contribution in [0.25, 0.3) is 17.1 Å². The van der Waals surface area contributed by atoms with Crippen LogP contribution >= 0.6 is 11.3 Å². The topological polar surface area (TPSA) is 64.5 Å². The highest BCUT2D eigenvalue weighted by molar-refractivity contribution is 7.12. The Balaban J connectivity index is 1.44. The van der Waals surface area contributed by atoms with E-state index in [1.54, 1.807) is 6.26 Å². The zero-order valence-electron chi connectivity index (χ0n) is 13.1. The van der Waals surface area contributed by atoms with Gasteiger partial charge in [-0.25, -0.2) is 4.52 Å². The molecule has 0 radical (unpaired) electrons. The average Bonchev–Trinajstić information content (AvgIpc) is 3.31. The number of aryl methyl sites for hydroxylation is 1. The van der Waals surface area contributed by atoms with Gasteiger partial charge >= 0.3 is 0 Å². The molecule has 24 heavy (non-hydrogen) atoms. The van der Waals surface area contributed by atoms with Gasteiger partial charge in [-0.05, 0) is 36.1 Å². The quantitative estimate of drug-likeness (QED) is 0.607. The number of aromatic nitrogens is 3. The number of hydrogen-bond acceptors (Lipinski definition) is 4. The predicted molar refractivity (Wildman–Crippen MR) is 92.3 cm³/mol. The average molecular weight is 340 g/mol. The maximum Gasteiger partial charge on any atom is 0.261 e. The third-order valence-corrected chi connectivity index (χ3v) is 4.81. The van der Waals surface area contributed by atoms with Crippen molar-refractivity contribution in [1.29, 1.82) is 0 Å². The van der Waals surface area contributed by atoms with E-state index in [9.17, 15) is 4.79 Å². The third-order valence-electron chi connectivity index (χ3n) is 3.76. The zero-order valence-corrected chi connectivity index (χ0v) is 13.9. The standard InChI is InChI=1S/C17H16N4O2S/c1-12-9-15(24-11-12)17(22)18-4-5-20-6-7-21-16(20)10-13(19-21)14-3-2-8-23-14/h2-3,6-11H,4-5H2,1H3,(H,18,22). The molecule has 0 fully saturated rings. The Morgan fingerprint density at radius 1 is 1.38 bits per heavy atom. The van der Waals surface area contributed by atoms with Crippen LogP contribution in [0.5, 0.6) is 0 Å². The monoisotopic (exact) mass is 340 g/mol. The number of thiophene rings is 1. The summed E-state index contributed by atoms with van der Waals surface area (Å²) >= 11 is 1.47. The van der Waals surface area contributed by atoms with Gasteiger partial charge in [-0.2, -0.15) is 5.10 Å². The molecule has 0 aliphatic carbocycles. The fourth-order valence-electron chi connectivity index (χ4n) is 2.59. The molecule has 4 aromatic rings. The molecule has 122 valence electrons. The van der Waals surface area contributed by atoms with Crippen molar-refractivity contribution in [2.45, 2.75) is 13.5 Å². The lowest BCUT2D eigenvalue weighted by molar-refractivity contribution is 0.0956. The maximum atomic E-state index is 12.1. The van der Waals surface area contributed by atoms with Gasteiger partial charge in [0.05, 0.1) is 11.1 Å². The van der Waals surface area contributed by atoms with E-state index >= 15 is 0 Å². The van der Waals surface area contributed by atoms with Crippen LogP contribution in [0.4, 0.5) is 0 Å². The molecule has 0 atom stereocenters. The molecule has 0 bridgehead atoms. The van der Waals surface area contributed by atoms with Gasteiger partial charge in [0, 0.05) is 31.5 Å². The highest BCUT2D eigenvalue weighted by Crippen LogP contribution is 2.20. The summed E-state index contributed by atoms with van der Waals surface area (Å²) in [5.74, 6) is 0.715. The van der Waals surface area contributed by atoms with Crippen LogP contribution in [-0.2, 0) is 6.54 Å². The van der Waals surface area contributed by atoms with Gasteiger partial charge in [0.25, 0.3) is 5.91 Å². The lowest BCUT2D eigenvalue weighted by Crippen LogP contribution is -2.26. The Bertz CT molecular complexity index is 978. The van der Waals surface area contributed by atoms with Crippen molar-refractivity contribution in [3.05, 3.63) is 58.7 Å². The predicted octanol–water partition coefficient (Wildman–Crippen LogP) is 3.20. The molecule has 0 unspecified atom stereocenters. The van der Waals surface area contributed by atoms with E-state index in [-0.39, 0.29) is 5.91 Å². The highest BCUT2D eigenvalue weighted by atomic mass is 32.1. The van der Waals surface area contributed by atoms with Gasteiger partial charge in [0.15, 0.2) is 5.76 Å². The molecule has 4 aromatic heterocycles. The fraction of sp³-hybridized carbons (Fsp3) is 0.176. The van der Waals surface area contributed by atoms with Crippen molar-refractivity contribution in [1.82, 2.24) is 19.5 Å². The van der Waals surface area contributed by atoms with E-state index < -0.39 is 0 Å². The zero-order chi connectivity index (χ0) is 16.5. The summed E-state index contributed by atoms with van der Waals surface area (Å²) in [6.07, 6.45) is 5.48. The van der Waals surface area contributed by atoms with Gasteiger partial charge in [-0.15, -0.1) is 11.3 Å². The van der Waals surface area contributed by atoms with Gasteiger partial charge in [-0.1, -0.05) is 0 Å². The second-order valence-electron chi connectivity index (χ2n) is 5.55. The van der Waals surface area contributed by atoms with Crippen molar-refractivity contribution < 1.29 is 9.21 Å². The summed E-state index contributed by atoms with van der Waals surface area (Å²) in [7, 11) is 0. The summed E-state index contributed by atoms with van der Waals surface area (Å²) in [4.78, 5) is 12.8. The van der Waals surface area contributed by atoms with E-state index in [1.165, 1.54) is 11.3 Å². The van der Waals surface area contributed by atoms with E-state index in [0.717, 1.165) is 27.5 Å². The Kier molecular flexibility index (Phi) is 3.70.